The Morgan fingerprint density at radius 3 is 1.50 bits per heavy atom. The summed E-state index contributed by atoms with van der Waals surface area (Å²) in [6.45, 7) is 2.42. The molecule has 0 heterocycles. The van der Waals surface area contributed by atoms with Crippen LogP contribution in [0, 0.1) is 0 Å². The first kappa shape index (κ1) is 10.5. The molecule has 0 radical (unpaired) electrons. The van der Waals surface area contributed by atoms with Crippen molar-refractivity contribution in [1.29, 1.82) is 0 Å². The molecular weight excluding hydrogens is 167 g/mol. The zero-order valence-corrected chi connectivity index (χ0v) is 8.89. The molecule has 0 amide bonds. The zero-order valence-electron chi connectivity index (χ0n) is 7.00. The van der Waals surface area contributed by atoms with Crippen LogP contribution in [0.1, 0.15) is 6.92 Å². The Balaban J connectivity index is 4.64. The van der Waals surface area contributed by atoms with Crippen molar-refractivity contribution >= 4 is 14.6 Å². The fraction of sp³-hybridized carbons (Fsp3) is 1.00. The summed E-state index contributed by atoms with van der Waals surface area (Å²) in [6, 6.07) is 0.685. The summed E-state index contributed by atoms with van der Waals surface area (Å²) in [7, 11) is -2.21. The van der Waals surface area contributed by atoms with Gasteiger partial charge in [0.05, 0.1) is 0 Å². The summed E-state index contributed by atoms with van der Waals surface area (Å²) < 4.78 is 0. The minimum atomic E-state index is -4.20. The molecule has 5 heteroatoms. The SMILES string of the molecule is CC[Si](C)(C)P(C)(O)(O)O. The van der Waals surface area contributed by atoms with Gasteiger partial charge in [-0.05, 0) is 0 Å². The third-order valence-electron chi connectivity index (χ3n) is 2.28. The standard InChI is InChI=1S/C5H17O3PSi/c1-5-10(3,4)9(2,6,7)8/h6-8H,5H2,1-4H3. The van der Waals surface area contributed by atoms with Crippen LogP contribution in [0.15, 0.2) is 0 Å². The van der Waals surface area contributed by atoms with Crippen LogP contribution in [0.3, 0.4) is 0 Å². The number of hydrogen-bond donors (Lipinski definition) is 3. The van der Waals surface area contributed by atoms with E-state index in [1.807, 2.05) is 6.92 Å². The topological polar surface area (TPSA) is 60.7 Å². The molecule has 0 spiro atoms. The second kappa shape index (κ2) is 2.25. The van der Waals surface area contributed by atoms with Crippen molar-refractivity contribution < 1.29 is 14.7 Å². The average Bonchev–Trinajstić information content (AvgIpc) is 1.61. The predicted octanol–water partition coefficient (Wildman–Crippen LogP) is 1.12. The Morgan fingerprint density at radius 2 is 1.50 bits per heavy atom. The second-order valence-electron chi connectivity index (χ2n) is 3.56. The Hall–Kier alpha value is 0.527. The van der Waals surface area contributed by atoms with Gasteiger partial charge in [0.2, 0.25) is 0 Å². The van der Waals surface area contributed by atoms with E-state index in [4.69, 9.17) is 0 Å². The molecule has 0 bridgehead atoms. The first-order chi connectivity index (χ1) is 4.07. The molecule has 0 aromatic carbocycles. The van der Waals surface area contributed by atoms with E-state index >= 15 is 0 Å². The summed E-state index contributed by atoms with van der Waals surface area (Å²) in [5.74, 6) is 0. The number of hydrogen-bond acceptors (Lipinski definition) is 3. The molecule has 0 unspecified atom stereocenters. The predicted molar refractivity (Wildman–Crippen MR) is 47.5 cm³/mol. The normalized spacial score (nSPS) is 18.1. The molecule has 0 aromatic heterocycles. The molecule has 0 saturated carbocycles. The molecule has 3 nitrogen and oxygen atoms in total. The average molecular weight is 184 g/mol. The van der Waals surface area contributed by atoms with Gasteiger partial charge in [-0.25, -0.2) is 0 Å². The van der Waals surface area contributed by atoms with Crippen LogP contribution < -0.4 is 0 Å². The molecular formula is C5H17O3PSi. The van der Waals surface area contributed by atoms with E-state index in [9.17, 15) is 14.7 Å². The summed E-state index contributed by atoms with van der Waals surface area (Å²) in [5.41, 5.74) is 0. The van der Waals surface area contributed by atoms with Gasteiger partial charge in [-0.15, -0.1) is 0 Å². The number of rotatable bonds is 2. The van der Waals surface area contributed by atoms with Crippen LogP contribution in [-0.2, 0) is 0 Å². The van der Waals surface area contributed by atoms with Gasteiger partial charge in [-0.3, -0.25) is 0 Å². The second-order valence-corrected chi connectivity index (χ2v) is 17.4. The van der Waals surface area contributed by atoms with E-state index in [1.54, 1.807) is 13.1 Å². The molecule has 10 heavy (non-hydrogen) atoms. The summed E-state index contributed by atoms with van der Waals surface area (Å²) >= 11 is 0. The molecule has 64 valence electrons. The van der Waals surface area contributed by atoms with Crippen LogP contribution in [0.25, 0.3) is 0 Å². The molecule has 0 saturated heterocycles. The van der Waals surface area contributed by atoms with Crippen LogP contribution in [0.5, 0.6) is 0 Å². The zero-order chi connectivity index (χ0) is 8.65. The van der Waals surface area contributed by atoms with E-state index in [0.29, 0.717) is 6.04 Å². The van der Waals surface area contributed by atoms with Gasteiger partial charge in [0.25, 0.3) is 0 Å². The maximum atomic E-state index is 9.31. The van der Waals surface area contributed by atoms with Gasteiger partial charge in [-0.1, -0.05) is 0 Å². The van der Waals surface area contributed by atoms with Gasteiger partial charge in [-0.2, -0.15) is 0 Å². The van der Waals surface area contributed by atoms with Crippen LogP contribution in [0.4, 0.5) is 0 Å². The van der Waals surface area contributed by atoms with Crippen LogP contribution >= 0.6 is 6.83 Å². The van der Waals surface area contributed by atoms with E-state index in [2.05, 4.69) is 0 Å². The van der Waals surface area contributed by atoms with Gasteiger partial charge in [0.1, 0.15) is 0 Å². The molecule has 3 N–H and O–H groups in total. The van der Waals surface area contributed by atoms with Crippen molar-refractivity contribution in [2.75, 3.05) is 6.66 Å². The Bertz CT molecular complexity index is 128. The summed E-state index contributed by atoms with van der Waals surface area (Å²) in [5, 5.41) is 0. The Kier molecular flexibility index (Phi) is 2.37. The molecule has 0 aromatic rings. The van der Waals surface area contributed by atoms with Crippen LogP contribution in [-0.4, -0.2) is 29.1 Å². The Labute approximate surface area is 62.7 Å². The third-order valence-corrected chi connectivity index (χ3v) is 16.3. The maximum absolute atomic E-state index is 9.31. The van der Waals surface area contributed by atoms with Crippen molar-refractivity contribution in [3.05, 3.63) is 0 Å². The summed E-state index contributed by atoms with van der Waals surface area (Å²) in [6.07, 6.45) is 0. The van der Waals surface area contributed by atoms with E-state index in [0.717, 1.165) is 0 Å². The molecule has 0 atom stereocenters. The van der Waals surface area contributed by atoms with Gasteiger partial charge in [0, 0.05) is 0 Å². The van der Waals surface area contributed by atoms with E-state index < -0.39 is 14.6 Å². The minimum absolute atomic E-state index is 0.685. The van der Waals surface area contributed by atoms with Gasteiger partial charge >= 0.3 is 62.0 Å². The molecule has 0 aliphatic rings. The quantitative estimate of drug-likeness (QED) is 0.445. The Morgan fingerprint density at radius 1 is 1.20 bits per heavy atom. The third kappa shape index (κ3) is 2.00. The molecule has 0 aliphatic carbocycles. The van der Waals surface area contributed by atoms with Crippen molar-refractivity contribution in [2.24, 2.45) is 0 Å². The monoisotopic (exact) mass is 184 g/mol. The van der Waals surface area contributed by atoms with Crippen molar-refractivity contribution in [3.8, 4) is 0 Å². The fourth-order valence-corrected chi connectivity index (χ4v) is 3.33. The van der Waals surface area contributed by atoms with Crippen molar-refractivity contribution in [2.45, 2.75) is 26.1 Å². The van der Waals surface area contributed by atoms with Gasteiger partial charge < -0.3 is 0 Å². The first-order valence-corrected chi connectivity index (χ1v) is 9.92. The fourth-order valence-electron chi connectivity index (χ4n) is 0.370. The van der Waals surface area contributed by atoms with Crippen molar-refractivity contribution in [1.82, 2.24) is 0 Å². The molecule has 0 aliphatic heterocycles. The summed E-state index contributed by atoms with van der Waals surface area (Å²) in [4.78, 5) is 27.9. The van der Waals surface area contributed by atoms with Crippen molar-refractivity contribution in [3.63, 3.8) is 0 Å². The van der Waals surface area contributed by atoms with E-state index in [1.165, 1.54) is 6.66 Å². The van der Waals surface area contributed by atoms with E-state index in [-0.39, 0.29) is 0 Å². The van der Waals surface area contributed by atoms with Gasteiger partial charge in [0.15, 0.2) is 0 Å². The molecule has 0 rings (SSSR count). The molecule has 0 fully saturated rings. The van der Waals surface area contributed by atoms with Crippen LogP contribution in [0.2, 0.25) is 19.1 Å². The first-order valence-electron chi connectivity index (χ1n) is 3.33.